The SMILES string of the molecule is CC(C)N1CCN(S(=O)(=O)C(C)c2ccc3c(c2)Nc2ccccc2S3)CC1. The van der Waals surface area contributed by atoms with Crippen molar-refractivity contribution < 1.29 is 8.42 Å². The first-order chi connectivity index (χ1) is 13.4. The third-order valence-electron chi connectivity index (χ3n) is 5.66. The maximum atomic E-state index is 13.2. The highest BCUT2D eigenvalue weighted by Crippen LogP contribution is 2.45. The highest BCUT2D eigenvalue weighted by molar-refractivity contribution is 7.99. The minimum absolute atomic E-state index is 0.453. The molecule has 28 heavy (non-hydrogen) atoms. The second kappa shape index (κ2) is 7.71. The molecule has 7 heteroatoms. The molecule has 2 aliphatic rings. The van der Waals surface area contributed by atoms with Gasteiger partial charge >= 0.3 is 0 Å². The molecule has 0 amide bonds. The Balaban J connectivity index is 1.53. The summed E-state index contributed by atoms with van der Waals surface area (Å²) in [5, 5.41) is 2.89. The van der Waals surface area contributed by atoms with Gasteiger partial charge in [-0.05, 0) is 50.6 Å². The summed E-state index contributed by atoms with van der Waals surface area (Å²) >= 11 is 1.71. The van der Waals surface area contributed by atoms with Crippen LogP contribution in [0.25, 0.3) is 0 Å². The molecule has 1 fully saturated rings. The lowest BCUT2D eigenvalue weighted by molar-refractivity contribution is 0.153. The fraction of sp³-hybridized carbons (Fsp3) is 0.429. The van der Waals surface area contributed by atoms with Crippen LogP contribution in [0, 0.1) is 0 Å². The van der Waals surface area contributed by atoms with Gasteiger partial charge in [0.25, 0.3) is 0 Å². The minimum atomic E-state index is -3.38. The first-order valence-electron chi connectivity index (χ1n) is 9.77. The third-order valence-corrected chi connectivity index (χ3v) is 9.06. The normalized spacial score (nSPS) is 19.0. The number of hydrogen-bond donors (Lipinski definition) is 1. The molecule has 0 spiro atoms. The van der Waals surface area contributed by atoms with Crippen LogP contribution in [-0.2, 0) is 10.0 Å². The van der Waals surface area contributed by atoms with E-state index >= 15 is 0 Å². The van der Waals surface area contributed by atoms with Gasteiger partial charge in [0.05, 0.1) is 16.6 Å². The Morgan fingerprint density at radius 2 is 1.61 bits per heavy atom. The molecule has 0 aromatic heterocycles. The zero-order valence-electron chi connectivity index (χ0n) is 16.6. The zero-order chi connectivity index (χ0) is 19.9. The van der Waals surface area contributed by atoms with Crippen molar-refractivity contribution in [1.29, 1.82) is 0 Å². The number of piperazine rings is 1. The summed E-state index contributed by atoms with van der Waals surface area (Å²) in [5.41, 5.74) is 2.88. The first kappa shape index (κ1) is 19.8. The quantitative estimate of drug-likeness (QED) is 0.685. The van der Waals surface area contributed by atoms with Gasteiger partial charge in [0.15, 0.2) is 0 Å². The Bertz CT molecular complexity index is 967. The number of hydrogen-bond acceptors (Lipinski definition) is 5. The molecule has 0 aliphatic carbocycles. The van der Waals surface area contributed by atoms with Crippen LogP contribution in [0.3, 0.4) is 0 Å². The van der Waals surface area contributed by atoms with E-state index in [9.17, 15) is 8.42 Å². The predicted octanol–water partition coefficient (Wildman–Crippen LogP) is 4.31. The fourth-order valence-electron chi connectivity index (χ4n) is 3.78. The molecule has 1 saturated heterocycles. The lowest BCUT2D eigenvalue weighted by Crippen LogP contribution is -2.51. The van der Waals surface area contributed by atoms with Gasteiger partial charge < -0.3 is 5.32 Å². The van der Waals surface area contributed by atoms with Crippen LogP contribution >= 0.6 is 11.8 Å². The molecule has 2 aliphatic heterocycles. The van der Waals surface area contributed by atoms with Crippen molar-refractivity contribution in [1.82, 2.24) is 9.21 Å². The van der Waals surface area contributed by atoms with Crippen molar-refractivity contribution in [2.45, 2.75) is 41.9 Å². The lowest BCUT2D eigenvalue weighted by Gasteiger charge is -2.37. The molecule has 5 nitrogen and oxygen atoms in total. The van der Waals surface area contributed by atoms with Crippen LogP contribution in [0.4, 0.5) is 11.4 Å². The number of anilines is 2. The van der Waals surface area contributed by atoms with Crippen LogP contribution in [0.1, 0.15) is 31.6 Å². The molecule has 1 atom stereocenters. The Hall–Kier alpha value is -1.54. The van der Waals surface area contributed by atoms with Crippen molar-refractivity contribution in [3.05, 3.63) is 48.0 Å². The van der Waals surface area contributed by atoms with E-state index in [0.29, 0.717) is 19.1 Å². The number of para-hydroxylation sites is 1. The first-order valence-corrected chi connectivity index (χ1v) is 12.1. The molecule has 2 heterocycles. The lowest BCUT2D eigenvalue weighted by atomic mass is 10.1. The van der Waals surface area contributed by atoms with Gasteiger partial charge in [-0.15, -0.1) is 0 Å². The fourth-order valence-corrected chi connectivity index (χ4v) is 6.36. The Morgan fingerprint density at radius 3 is 2.32 bits per heavy atom. The van der Waals surface area contributed by atoms with Gasteiger partial charge in [0.1, 0.15) is 0 Å². The molecule has 2 aromatic carbocycles. The number of sulfonamides is 1. The average Bonchev–Trinajstić information content (AvgIpc) is 2.71. The van der Waals surface area contributed by atoms with Crippen LogP contribution in [0.15, 0.2) is 52.3 Å². The van der Waals surface area contributed by atoms with Gasteiger partial charge in [-0.1, -0.05) is 30.0 Å². The van der Waals surface area contributed by atoms with Gasteiger partial charge in [0, 0.05) is 42.0 Å². The summed E-state index contributed by atoms with van der Waals surface area (Å²) in [4.78, 5) is 4.64. The van der Waals surface area contributed by atoms with Crippen molar-refractivity contribution in [2.24, 2.45) is 0 Å². The number of fused-ring (bicyclic) bond motifs is 2. The summed E-state index contributed by atoms with van der Waals surface area (Å²) in [6.45, 7) is 8.84. The average molecular weight is 418 g/mol. The molecule has 0 saturated carbocycles. The van der Waals surface area contributed by atoms with Crippen molar-refractivity contribution in [3.63, 3.8) is 0 Å². The Kier molecular flexibility index (Phi) is 5.44. The summed E-state index contributed by atoms with van der Waals surface area (Å²) in [5.74, 6) is 0. The molecular weight excluding hydrogens is 390 g/mol. The molecule has 1 unspecified atom stereocenters. The smallest absolute Gasteiger partial charge is 0.220 e. The van der Waals surface area contributed by atoms with Crippen molar-refractivity contribution >= 4 is 33.2 Å². The minimum Gasteiger partial charge on any atom is -0.354 e. The van der Waals surface area contributed by atoms with Crippen LogP contribution in [0.5, 0.6) is 0 Å². The number of benzene rings is 2. The highest BCUT2D eigenvalue weighted by Gasteiger charge is 2.33. The van der Waals surface area contributed by atoms with Crippen LogP contribution < -0.4 is 5.32 Å². The van der Waals surface area contributed by atoms with E-state index in [-0.39, 0.29) is 0 Å². The number of nitrogens with one attached hydrogen (secondary N) is 1. The molecule has 2 aromatic rings. The summed E-state index contributed by atoms with van der Waals surface area (Å²) in [6.07, 6.45) is 0. The molecule has 0 radical (unpaired) electrons. The third kappa shape index (κ3) is 3.68. The molecule has 0 bridgehead atoms. The van der Waals surface area contributed by atoms with Crippen molar-refractivity contribution in [2.75, 3.05) is 31.5 Å². The van der Waals surface area contributed by atoms with E-state index in [4.69, 9.17) is 0 Å². The largest absolute Gasteiger partial charge is 0.354 e. The zero-order valence-corrected chi connectivity index (χ0v) is 18.2. The number of rotatable bonds is 4. The summed E-state index contributed by atoms with van der Waals surface area (Å²) < 4.78 is 28.1. The molecule has 150 valence electrons. The van der Waals surface area contributed by atoms with Crippen LogP contribution in [-0.4, -0.2) is 49.8 Å². The maximum Gasteiger partial charge on any atom is 0.220 e. The second-order valence-corrected chi connectivity index (χ2v) is 11.0. The second-order valence-electron chi connectivity index (χ2n) is 7.69. The van der Waals surface area contributed by atoms with E-state index in [1.165, 1.54) is 4.90 Å². The van der Waals surface area contributed by atoms with E-state index in [0.717, 1.165) is 34.9 Å². The summed E-state index contributed by atoms with van der Waals surface area (Å²) in [6, 6.07) is 14.6. The Morgan fingerprint density at radius 1 is 0.929 bits per heavy atom. The van der Waals surface area contributed by atoms with E-state index in [1.807, 2.05) is 36.4 Å². The molecular formula is C21H27N3O2S2. The highest BCUT2D eigenvalue weighted by atomic mass is 32.2. The number of nitrogens with zero attached hydrogens (tertiary/aromatic N) is 2. The summed E-state index contributed by atoms with van der Waals surface area (Å²) in [7, 11) is -3.38. The Labute approximate surface area is 172 Å². The topological polar surface area (TPSA) is 52.7 Å². The van der Waals surface area contributed by atoms with E-state index in [1.54, 1.807) is 23.0 Å². The molecule has 4 rings (SSSR count). The predicted molar refractivity (Wildman–Crippen MR) is 116 cm³/mol. The van der Waals surface area contributed by atoms with Gasteiger partial charge in [-0.3, -0.25) is 4.90 Å². The van der Waals surface area contributed by atoms with Gasteiger partial charge in [-0.2, -0.15) is 4.31 Å². The van der Waals surface area contributed by atoms with Crippen LogP contribution in [0.2, 0.25) is 0 Å². The monoisotopic (exact) mass is 417 g/mol. The van der Waals surface area contributed by atoms with E-state index < -0.39 is 15.3 Å². The van der Waals surface area contributed by atoms with Gasteiger partial charge in [0.2, 0.25) is 10.0 Å². The standard InChI is InChI=1S/C21H27N3O2S2/c1-15(2)23-10-12-24(13-11-23)28(25,26)16(3)17-8-9-21-19(14-17)22-18-6-4-5-7-20(18)27-21/h4-9,14-16,22H,10-13H2,1-3H3. The maximum absolute atomic E-state index is 13.2. The van der Waals surface area contributed by atoms with Gasteiger partial charge in [-0.25, -0.2) is 8.42 Å². The van der Waals surface area contributed by atoms with E-state index in [2.05, 4.69) is 30.1 Å². The molecule has 1 N–H and O–H groups in total. The van der Waals surface area contributed by atoms with Crippen molar-refractivity contribution in [3.8, 4) is 0 Å².